The van der Waals surface area contributed by atoms with Crippen molar-refractivity contribution in [1.29, 1.82) is 0 Å². The molecule has 1 aliphatic heterocycles. The van der Waals surface area contributed by atoms with E-state index in [9.17, 15) is 13.2 Å². The van der Waals surface area contributed by atoms with Crippen LogP contribution in [0.1, 0.15) is 25.3 Å². The molecule has 1 fully saturated rings. The zero-order valence-electron chi connectivity index (χ0n) is 10.7. The van der Waals surface area contributed by atoms with Crippen molar-refractivity contribution >= 4 is 16.0 Å². The number of hydrogen-bond acceptors (Lipinski definition) is 3. The van der Waals surface area contributed by atoms with Crippen LogP contribution in [-0.2, 0) is 21.2 Å². The molecule has 2 rings (SSSR count). The predicted molar refractivity (Wildman–Crippen MR) is 70.4 cm³/mol. The Labute approximate surface area is 112 Å². The molecule has 1 saturated heterocycles. The molecule has 1 atom stereocenters. The SMILES string of the molecule is CCc1ccccc1S(=O)(=O)N1CCC[C@H]1C(=O)O. The first-order valence-corrected chi connectivity index (χ1v) is 7.75. The number of nitrogens with zero attached hydrogens (tertiary/aromatic N) is 1. The number of benzene rings is 1. The van der Waals surface area contributed by atoms with Gasteiger partial charge < -0.3 is 5.11 Å². The molecule has 1 aromatic rings. The first-order valence-electron chi connectivity index (χ1n) is 6.31. The van der Waals surface area contributed by atoms with Crippen molar-refractivity contribution in [1.82, 2.24) is 4.31 Å². The number of aliphatic carboxylic acids is 1. The summed E-state index contributed by atoms with van der Waals surface area (Å²) in [5.41, 5.74) is 0.721. The van der Waals surface area contributed by atoms with Gasteiger partial charge in [-0.3, -0.25) is 4.79 Å². The van der Waals surface area contributed by atoms with Gasteiger partial charge in [-0.25, -0.2) is 8.42 Å². The van der Waals surface area contributed by atoms with Crippen LogP contribution in [0.25, 0.3) is 0 Å². The summed E-state index contributed by atoms with van der Waals surface area (Å²) >= 11 is 0. The van der Waals surface area contributed by atoms with E-state index in [1.807, 2.05) is 6.92 Å². The van der Waals surface area contributed by atoms with Gasteiger partial charge in [-0.15, -0.1) is 0 Å². The molecule has 1 aliphatic rings. The summed E-state index contributed by atoms with van der Waals surface area (Å²) in [5, 5.41) is 9.11. The van der Waals surface area contributed by atoms with Gasteiger partial charge in [-0.2, -0.15) is 4.31 Å². The summed E-state index contributed by atoms with van der Waals surface area (Å²) < 4.78 is 26.3. The van der Waals surface area contributed by atoms with E-state index >= 15 is 0 Å². The van der Waals surface area contributed by atoms with Crippen LogP contribution >= 0.6 is 0 Å². The average molecular weight is 283 g/mol. The van der Waals surface area contributed by atoms with Crippen molar-refractivity contribution in [3.63, 3.8) is 0 Å². The lowest BCUT2D eigenvalue weighted by molar-refractivity contribution is -0.140. The van der Waals surface area contributed by atoms with Gasteiger partial charge >= 0.3 is 5.97 Å². The molecule has 19 heavy (non-hydrogen) atoms. The number of carboxylic acids is 1. The van der Waals surface area contributed by atoms with Crippen LogP contribution in [0.4, 0.5) is 0 Å². The highest BCUT2D eigenvalue weighted by molar-refractivity contribution is 7.89. The Morgan fingerprint density at radius 1 is 1.42 bits per heavy atom. The van der Waals surface area contributed by atoms with Crippen LogP contribution in [0.5, 0.6) is 0 Å². The van der Waals surface area contributed by atoms with Crippen molar-refractivity contribution in [3.05, 3.63) is 29.8 Å². The minimum atomic E-state index is -3.72. The highest BCUT2D eigenvalue weighted by Gasteiger charge is 2.39. The van der Waals surface area contributed by atoms with E-state index in [1.54, 1.807) is 24.3 Å². The summed E-state index contributed by atoms with van der Waals surface area (Å²) in [4.78, 5) is 11.4. The third-order valence-corrected chi connectivity index (χ3v) is 5.44. The third-order valence-electron chi connectivity index (χ3n) is 3.43. The molecule has 0 saturated carbocycles. The topological polar surface area (TPSA) is 74.7 Å². The molecular weight excluding hydrogens is 266 g/mol. The van der Waals surface area contributed by atoms with Crippen LogP contribution in [0.15, 0.2) is 29.2 Å². The smallest absolute Gasteiger partial charge is 0.322 e. The quantitative estimate of drug-likeness (QED) is 0.908. The maximum absolute atomic E-state index is 12.6. The number of rotatable bonds is 4. The van der Waals surface area contributed by atoms with E-state index in [-0.39, 0.29) is 11.4 Å². The summed E-state index contributed by atoms with van der Waals surface area (Å²) in [6.45, 7) is 2.16. The molecule has 1 aromatic carbocycles. The fourth-order valence-corrected chi connectivity index (χ4v) is 4.40. The van der Waals surface area contributed by atoms with Crippen LogP contribution < -0.4 is 0 Å². The van der Waals surface area contributed by atoms with Crippen molar-refractivity contribution < 1.29 is 18.3 Å². The number of hydrogen-bond donors (Lipinski definition) is 1. The molecule has 1 heterocycles. The predicted octanol–water partition coefficient (Wildman–Crippen LogP) is 1.49. The van der Waals surface area contributed by atoms with E-state index in [0.717, 1.165) is 9.87 Å². The lowest BCUT2D eigenvalue weighted by atomic mass is 10.2. The zero-order valence-corrected chi connectivity index (χ0v) is 11.6. The summed E-state index contributed by atoms with van der Waals surface area (Å²) in [5.74, 6) is -1.07. The minimum Gasteiger partial charge on any atom is -0.480 e. The van der Waals surface area contributed by atoms with Gasteiger partial charge in [0.15, 0.2) is 0 Å². The van der Waals surface area contributed by atoms with E-state index in [0.29, 0.717) is 19.3 Å². The molecule has 5 nitrogen and oxygen atoms in total. The minimum absolute atomic E-state index is 0.227. The zero-order chi connectivity index (χ0) is 14.0. The Bertz CT molecular complexity index is 582. The summed E-state index contributed by atoms with van der Waals surface area (Å²) in [6, 6.07) is 5.83. The third kappa shape index (κ3) is 2.50. The summed E-state index contributed by atoms with van der Waals surface area (Å²) in [6.07, 6.45) is 1.56. The van der Waals surface area contributed by atoms with Gasteiger partial charge in [-0.05, 0) is 30.9 Å². The average Bonchev–Trinajstić information content (AvgIpc) is 2.88. The van der Waals surface area contributed by atoms with Crippen LogP contribution in [0, 0.1) is 0 Å². The van der Waals surface area contributed by atoms with Crippen LogP contribution in [0.2, 0.25) is 0 Å². The monoisotopic (exact) mass is 283 g/mol. The number of sulfonamides is 1. The number of carbonyl (C=O) groups is 1. The first kappa shape index (κ1) is 14.0. The molecule has 0 bridgehead atoms. The van der Waals surface area contributed by atoms with Gasteiger partial charge in [0.25, 0.3) is 0 Å². The van der Waals surface area contributed by atoms with Gasteiger partial charge in [-0.1, -0.05) is 25.1 Å². The molecule has 0 aromatic heterocycles. The highest BCUT2D eigenvalue weighted by atomic mass is 32.2. The maximum Gasteiger partial charge on any atom is 0.322 e. The van der Waals surface area contributed by atoms with Gasteiger partial charge in [0.2, 0.25) is 10.0 Å². The highest BCUT2D eigenvalue weighted by Crippen LogP contribution is 2.28. The van der Waals surface area contributed by atoms with E-state index in [4.69, 9.17) is 5.11 Å². The van der Waals surface area contributed by atoms with Gasteiger partial charge in [0.05, 0.1) is 4.90 Å². The molecule has 0 spiro atoms. The van der Waals surface area contributed by atoms with Gasteiger partial charge in [0.1, 0.15) is 6.04 Å². The molecule has 0 amide bonds. The largest absolute Gasteiger partial charge is 0.480 e. The van der Waals surface area contributed by atoms with E-state index in [1.165, 1.54) is 0 Å². The van der Waals surface area contributed by atoms with E-state index < -0.39 is 22.0 Å². The van der Waals surface area contributed by atoms with Crippen molar-refractivity contribution in [2.45, 2.75) is 37.1 Å². The van der Waals surface area contributed by atoms with E-state index in [2.05, 4.69) is 0 Å². The normalized spacial score (nSPS) is 20.6. The van der Waals surface area contributed by atoms with Crippen LogP contribution in [-0.4, -0.2) is 36.4 Å². The fraction of sp³-hybridized carbons (Fsp3) is 0.462. The van der Waals surface area contributed by atoms with Crippen molar-refractivity contribution in [3.8, 4) is 0 Å². The lowest BCUT2D eigenvalue weighted by Crippen LogP contribution is -2.40. The second-order valence-electron chi connectivity index (χ2n) is 4.57. The Kier molecular flexibility index (Phi) is 3.91. The molecular formula is C13H17NO4S. The Morgan fingerprint density at radius 2 is 2.11 bits per heavy atom. The Hall–Kier alpha value is -1.40. The fourth-order valence-electron chi connectivity index (χ4n) is 2.45. The number of aryl methyl sites for hydroxylation is 1. The first-order chi connectivity index (χ1) is 8.98. The second kappa shape index (κ2) is 5.30. The molecule has 1 N–H and O–H groups in total. The Balaban J connectivity index is 2.45. The van der Waals surface area contributed by atoms with Crippen LogP contribution in [0.3, 0.4) is 0 Å². The molecule has 6 heteroatoms. The molecule has 104 valence electrons. The maximum atomic E-state index is 12.6. The lowest BCUT2D eigenvalue weighted by Gasteiger charge is -2.22. The standard InChI is InChI=1S/C13H17NO4S/c1-2-10-6-3-4-8-12(10)19(17,18)14-9-5-7-11(14)13(15)16/h3-4,6,8,11H,2,5,7,9H2,1H3,(H,15,16)/t11-/m0/s1. The molecule has 0 radical (unpaired) electrons. The molecule has 0 unspecified atom stereocenters. The number of carboxylic acid groups (broad SMARTS) is 1. The summed E-state index contributed by atoms with van der Waals surface area (Å²) in [7, 11) is -3.72. The Morgan fingerprint density at radius 3 is 2.74 bits per heavy atom. The molecule has 0 aliphatic carbocycles. The second-order valence-corrected chi connectivity index (χ2v) is 6.43. The van der Waals surface area contributed by atoms with Crippen molar-refractivity contribution in [2.75, 3.05) is 6.54 Å². The van der Waals surface area contributed by atoms with Gasteiger partial charge in [0, 0.05) is 6.54 Å². The van der Waals surface area contributed by atoms with Crippen molar-refractivity contribution in [2.24, 2.45) is 0 Å².